The van der Waals surface area contributed by atoms with E-state index >= 15 is 0 Å². The van der Waals surface area contributed by atoms with Crippen LogP contribution in [0.2, 0.25) is 0 Å². The molecule has 0 heterocycles. The first-order valence-corrected chi connectivity index (χ1v) is 7.89. The number of carbonyl (C=O) groups is 1. The minimum Gasteiger partial charge on any atom is -0.497 e. The van der Waals surface area contributed by atoms with Crippen LogP contribution in [0, 0.1) is 5.82 Å². The van der Waals surface area contributed by atoms with Gasteiger partial charge in [-0.05, 0) is 47.0 Å². The fourth-order valence-corrected chi connectivity index (χ4v) is 2.85. The van der Waals surface area contributed by atoms with Crippen molar-refractivity contribution in [3.63, 3.8) is 0 Å². The van der Waals surface area contributed by atoms with Gasteiger partial charge in [-0.15, -0.1) is 0 Å². The molecule has 0 aromatic heterocycles. The lowest BCUT2D eigenvalue weighted by atomic mass is 9.91. The molecule has 3 rings (SSSR count). The van der Waals surface area contributed by atoms with E-state index in [1.54, 1.807) is 55.6 Å². The van der Waals surface area contributed by atoms with Gasteiger partial charge in [0.2, 0.25) is 0 Å². The Morgan fingerprint density at radius 2 is 1.31 bits per heavy atom. The van der Waals surface area contributed by atoms with Crippen LogP contribution >= 0.6 is 0 Å². The van der Waals surface area contributed by atoms with Crippen molar-refractivity contribution in [1.29, 1.82) is 0 Å². The van der Waals surface area contributed by atoms with E-state index in [0.717, 1.165) is 0 Å². The van der Waals surface area contributed by atoms with E-state index in [1.807, 2.05) is 0 Å². The van der Waals surface area contributed by atoms with Crippen molar-refractivity contribution >= 4 is 5.97 Å². The van der Waals surface area contributed by atoms with E-state index < -0.39 is 11.8 Å². The molecule has 5 heteroatoms. The van der Waals surface area contributed by atoms with Gasteiger partial charge in [0.1, 0.15) is 17.3 Å². The molecule has 0 amide bonds. The van der Waals surface area contributed by atoms with Crippen LogP contribution in [0.1, 0.15) is 10.4 Å². The van der Waals surface area contributed by atoms with Gasteiger partial charge in [0, 0.05) is 5.56 Å². The van der Waals surface area contributed by atoms with Crippen molar-refractivity contribution in [3.8, 4) is 33.8 Å². The summed E-state index contributed by atoms with van der Waals surface area (Å²) in [5.41, 5.74) is 1.54. The van der Waals surface area contributed by atoms with Crippen LogP contribution in [0.3, 0.4) is 0 Å². The van der Waals surface area contributed by atoms with E-state index in [0.29, 0.717) is 28.2 Å². The molecule has 0 unspecified atom stereocenters. The third kappa shape index (κ3) is 3.24. The second-order valence-corrected chi connectivity index (χ2v) is 5.61. The molecule has 3 aromatic rings. The van der Waals surface area contributed by atoms with Gasteiger partial charge in [-0.25, -0.2) is 9.18 Å². The van der Waals surface area contributed by atoms with Crippen molar-refractivity contribution in [2.75, 3.05) is 14.2 Å². The Labute approximate surface area is 150 Å². The van der Waals surface area contributed by atoms with Crippen molar-refractivity contribution in [1.82, 2.24) is 0 Å². The topological polar surface area (TPSA) is 55.8 Å². The highest BCUT2D eigenvalue weighted by Gasteiger charge is 2.21. The van der Waals surface area contributed by atoms with Crippen molar-refractivity contribution in [2.45, 2.75) is 0 Å². The standard InChI is InChI=1S/C21H17FO4/c1-25-15-7-3-13(4-8-15)17-11-12-18(22)19(20(17)21(23)24)14-5-9-16(26-2)10-6-14/h3-12H,1-2H3,(H,23,24). The largest absolute Gasteiger partial charge is 0.497 e. The maximum atomic E-state index is 14.6. The average Bonchev–Trinajstić information content (AvgIpc) is 2.68. The van der Waals surface area contributed by atoms with Crippen LogP contribution in [-0.2, 0) is 0 Å². The summed E-state index contributed by atoms with van der Waals surface area (Å²) in [7, 11) is 3.08. The summed E-state index contributed by atoms with van der Waals surface area (Å²) < 4.78 is 24.8. The Kier molecular flexibility index (Phi) is 4.89. The average molecular weight is 352 g/mol. The molecule has 0 saturated carbocycles. The molecule has 4 nitrogen and oxygen atoms in total. The number of benzene rings is 3. The lowest BCUT2D eigenvalue weighted by Gasteiger charge is -2.14. The Balaban J connectivity index is 2.21. The number of halogens is 1. The smallest absolute Gasteiger partial charge is 0.337 e. The predicted octanol–water partition coefficient (Wildman–Crippen LogP) is 4.88. The first-order valence-electron chi connectivity index (χ1n) is 7.89. The van der Waals surface area contributed by atoms with E-state index in [4.69, 9.17) is 9.47 Å². The monoisotopic (exact) mass is 352 g/mol. The van der Waals surface area contributed by atoms with Gasteiger partial charge < -0.3 is 14.6 Å². The van der Waals surface area contributed by atoms with Crippen molar-refractivity contribution < 1.29 is 23.8 Å². The predicted molar refractivity (Wildman–Crippen MR) is 97.3 cm³/mol. The molecular formula is C21H17FO4. The van der Waals surface area contributed by atoms with Gasteiger partial charge in [0.15, 0.2) is 0 Å². The highest BCUT2D eigenvalue weighted by Crippen LogP contribution is 2.35. The summed E-state index contributed by atoms with van der Waals surface area (Å²) in [6, 6.07) is 16.3. The van der Waals surface area contributed by atoms with Gasteiger partial charge >= 0.3 is 5.97 Å². The minimum atomic E-state index is -1.19. The molecule has 1 N–H and O–H groups in total. The van der Waals surface area contributed by atoms with Gasteiger partial charge in [0.25, 0.3) is 0 Å². The third-order valence-corrected chi connectivity index (χ3v) is 4.15. The van der Waals surface area contributed by atoms with Gasteiger partial charge in [0.05, 0.1) is 19.8 Å². The number of hydrogen-bond acceptors (Lipinski definition) is 3. The van der Waals surface area contributed by atoms with Crippen molar-refractivity contribution in [3.05, 3.63) is 72.0 Å². The second-order valence-electron chi connectivity index (χ2n) is 5.61. The zero-order chi connectivity index (χ0) is 18.7. The fraction of sp³-hybridized carbons (Fsp3) is 0.0952. The maximum absolute atomic E-state index is 14.6. The normalized spacial score (nSPS) is 10.4. The number of carboxylic acids is 1. The molecule has 0 bridgehead atoms. The van der Waals surface area contributed by atoms with E-state index in [-0.39, 0.29) is 11.1 Å². The molecular weight excluding hydrogens is 335 g/mol. The first kappa shape index (κ1) is 17.5. The minimum absolute atomic E-state index is 0.0495. The Morgan fingerprint density at radius 1 is 0.808 bits per heavy atom. The molecule has 0 aliphatic heterocycles. The second kappa shape index (κ2) is 7.27. The summed E-state index contributed by atoms with van der Waals surface area (Å²) in [6.07, 6.45) is 0. The van der Waals surface area contributed by atoms with Crippen LogP contribution in [0.5, 0.6) is 11.5 Å². The van der Waals surface area contributed by atoms with E-state index in [1.165, 1.54) is 19.2 Å². The fourth-order valence-electron chi connectivity index (χ4n) is 2.85. The molecule has 0 saturated heterocycles. The SMILES string of the molecule is COc1ccc(-c2ccc(F)c(-c3ccc(OC)cc3)c2C(=O)O)cc1. The summed E-state index contributed by atoms with van der Waals surface area (Å²) in [6.45, 7) is 0. The number of carboxylic acid groups (broad SMARTS) is 1. The zero-order valence-corrected chi connectivity index (χ0v) is 14.3. The number of ether oxygens (including phenoxy) is 2. The third-order valence-electron chi connectivity index (χ3n) is 4.15. The molecule has 0 aliphatic rings. The summed E-state index contributed by atoms with van der Waals surface area (Å²) in [5.74, 6) is -0.522. The summed E-state index contributed by atoms with van der Waals surface area (Å²) in [5, 5.41) is 9.78. The Hall–Kier alpha value is -3.34. The lowest BCUT2D eigenvalue weighted by Crippen LogP contribution is -2.05. The summed E-state index contributed by atoms with van der Waals surface area (Å²) >= 11 is 0. The van der Waals surface area contributed by atoms with Crippen molar-refractivity contribution in [2.24, 2.45) is 0 Å². The molecule has 132 valence electrons. The maximum Gasteiger partial charge on any atom is 0.337 e. The number of aromatic carboxylic acids is 1. The molecule has 0 fully saturated rings. The molecule has 0 aliphatic carbocycles. The van der Waals surface area contributed by atoms with E-state index in [9.17, 15) is 14.3 Å². The molecule has 26 heavy (non-hydrogen) atoms. The number of rotatable bonds is 5. The van der Waals surface area contributed by atoms with Gasteiger partial charge in [-0.2, -0.15) is 0 Å². The molecule has 0 radical (unpaired) electrons. The highest BCUT2D eigenvalue weighted by atomic mass is 19.1. The molecule has 0 spiro atoms. The van der Waals surface area contributed by atoms with Gasteiger partial charge in [-0.1, -0.05) is 30.3 Å². The van der Waals surface area contributed by atoms with Crippen LogP contribution in [-0.4, -0.2) is 25.3 Å². The number of methoxy groups -OCH3 is 2. The van der Waals surface area contributed by atoms with Crippen LogP contribution < -0.4 is 9.47 Å². The molecule has 0 atom stereocenters. The summed E-state index contributed by atoms with van der Waals surface area (Å²) in [4.78, 5) is 12.0. The first-order chi connectivity index (χ1) is 12.5. The zero-order valence-electron chi connectivity index (χ0n) is 14.3. The Morgan fingerprint density at radius 3 is 1.77 bits per heavy atom. The highest BCUT2D eigenvalue weighted by molar-refractivity contribution is 6.03. The van der Waals surface area contributed by atoms with Crippen LogP contribution in [0.15, 0.2) is 60.7 Å². The van der Waals surface area contributed by atoms with Crippen LogP contribution in [0.4, 0.5) is 4.39 Å². The molecule has 3 aromatic carbocycles. The quantitative estimate of drug-likeness (QED) is 0.711. The number of hydrogen-bond donors (Lipinski definition) is 1. The van der Waals surface area contributed by atoms with Crippen LogP contribution in [0.25, 0.3) is 22.3 Å². The van der Waals surface area contributed by atoms with E-state index in [2.05, 4.69) is 0 Å². The van der Waals surface area contributed by atoms with Gasteiger partial charge in [-0.3, -0.25) is 0 Å². The lowest BCUT2D eigenvalue weighted by molar-refractivity contribution is 0.0698. The Bertz CT molecular complexity index is 931.